The van der Waals surface area contributed by atoms with E-state index in [9.17, 15) is 4.79 Å². The summed E-state index contributed by atoms with van der Waals surface area (Å²) in [4.78, 5) is 15.9. The zero-order valence-electron chi connectivity index (χ0n) is 11.8. The molecule has 1 amide bonds. The standard InChI is InChI=1S/C14H17ClN4O.ClH/c1-9(2)13(16)14(20)18-10-3-4-12(11(15)7-10)19-6-5-17-8-19;/h3-9,13H,16H2,1-2H3,(H,18,20);1H/t13-;/m0./s1. The van der Waals surface area contributed by atoms with E-state index in [-0.39, 0.29) is 24.2 Å². The first kappa shape index (κ1) is 17.5. The van der Waals surface area contributed by atoms with E-state index in [1.165, 1.54) is 0 Å². The Morgan fingerprint density at radius 1 is 1.43 bits per heavy atom. The first-order valence-electron chi connectivity index (χ1n) is 6.33. The number of hydrogen-bond donors (Lipinski definition) is 2. The third-order valence-corrected chi connectivity index (χ3v) is 3.32. The third-order valence-electron chi connectivity index (χ3n) is 3.02. The molecule has 2 aromatic rings. The third kappa shape index (κ3) is 4.20. The Hall–Kier alpha value is -1.56. The van der Waals surface area contributed by atoms with Crippen LogP contribution in [0.2, 0.25) is 5.02 Å². The van der Waals surface area contributed by atoms with Crippen molar-refractivity contribution in [2.45, 2.75) is 19.9 Å². The maximum absolute atomic E-state index is 11.9. The Balaban J connectivity index is 0.00000220. The van der Waals surface area contributed by atoms with Gasteiger partial charge in [-0.15, -0.1) is 12.4 Å². The topological polar surface area (TPSA) is 72.9 Å². The lowest BCUT2D eigenvalue weighted by atomic mass is 10.0. The van der Waals surface area contributed by atoms with Crippen molar-refractivity contribution in [3.63, 3.8) is 0 Å². The van der Waals surface area contributed by atoms with Crippen LogP contribution in [0.5, 0.6) is 0 Å². The fourth-order valence-electron chi connectivity index (χ4n) is 1.72. The van der Waals surface area contributed by atoms with Crippen LogP contribution in [-0.4, -0.2) is 21.5 Å². The summed E-state index contributed by atoms with van der Waals surface area (Å²) in [7, 11) is 0. The zero-order valence-corrected chi connectivity index (χ0v) is 13.4. The van der Waals surface area contributed by atoms with Gasteiger partial charge in [0.2, 0.25) is 5.91 Å². The van der Waals surface area contributed by atoms with Gasteiger partial charge in [0, 0.05) is 18.1 Å². The summed E-state index contributed by atoms with van der Waals surface area (Å²) < 4.78 is 1.80. The Kier molecular flexibility index (Phi) is 6.20. The summed E-state index contributed by atoms with van der Waals surface area (Å²) in [5.74, 6) is -0.137. The van der Waals surface area contributed by atoms with Crippen LogP contribution < -0.4 is 11.1 Å². The zero-order chi connectivity index (χ0) is 14.7. The second-order valence-electron chi connectivity index (χ2n) is 4.90. The van der Waals surface area contributed by atoms with Crippen LogP contribution >= 0.6 is 24.0 Å². The van der Waals surface area contributed by atoms with Crippen molar-refractivity contribution in [2.75, 3.05) is 5.32 Å². The molecule has 0 fully saturated rings. The first-order chi connectivity index (χ1) is 9.49. The summed E-state index contributed by atoms with van der Waals surface area (Å²) in [6.45, 7) is 3.80. The number of aromatic nitrogens is 2. The van der Waals surface area contributed by atoms with E-state index in [4.69, 9.17) is 17.3 Å². The molecule has 21 heavy (non-hydrogen) atoms. The van der Waals surface area contributed by atoms with Crippen LogP contribution in [0.4, 0.5) is 5.69 Å². The second-order valence-corrected chi connectivity index (χ2v) is 5.30. The van der Waals surface area contributed by atoms with E-state index >= 15 is 0 Å². The Bertz CT molecular complexity index is 599. The molecule has 0 aliphatic carbocycles. The number of nitrogens with one attached hydrogen (secondary N) is 1. The van der Waals surface area contributed by atoms with Crippen molar-refractivity contribution in [1.29, 1.82) is 0 Å². The van der Waals surface area contributed by atoms with Gasteiger partial charge in [-0.25, -0.2) is 4.98 Å². The molecule has 0 aliphatic heterocycles. The van der Waals surface area contributed by atoms with E-state index in [0.717, 1.165) is 5.69 Å². The molecule has 1 heterocycles. The lowest BCUT2D eigenvalue weighted by Crippen LogP contribution is -2.39. The molecule has 114 valence electrons. The SMILES string of the molecule is CC(C)[C@H](N)C(=O)Nc1ccc(-n2ccnc2)c(Cl)c1.Cl. The molecule has 1 aromatic carbocycles. The largest absolute Gasteiger partial charge is 0.325 e. The van der Waals surface area contributed by atoms with Gasteiger partial charge in [-0.2, -0.15) is 0 Å². The van der Waals surface area contributed by atoms with Crippen LogP contribution in [0.3, 0.4) is 0 Å². The number of hydrogen-bond acceptors (Lipinski definition) is 3. The highest BCUT2D eigenvalue weighted by Crippen LogP contribution is 2.24. The Morgan fingerprint density at radius 3 is 2.67 bits per heavy atom. The maximum atomic E-state index is 11.9. The molecule has 0 saturated carbocycles. The van der Waals surface area contributed by atoms with Crippen molar-refractivity contribution in [3.8, 4) is 5.69 Å². The molecule has 2 rings (SSSR count). The van der Waals surface area contributed by atoms with Gasteiger partial charge in [0.25, 0.3) is 0 Å². The van der Waals surface area contributed by atoms with Crippen molar-refractivity contribution >= 4 is 35.6 Å². The molecule has 0 unspecified atom stereocenters. The number of nitrogens with two attached hydrogens (primary N) is 1. The molecule has 1 aromatic heterocycles. The van der Waals surface area contributed by atoms with Crippen LogP contribution in [0.1, 0.15) is 13.8 Å². The molecule has 0 bridgehead atoms. The minimum Gasteiger partial charge on any atom is -0.325 e. The van der Waals surface area contributed by atoms with E-state index in [1.54, 1.807) is 35.4 Å². The highest BCUT2D eigenvalue weighted by molar-refractivity contribution is 6.32. The van der Waals surface area contributed by atoms with E-state index in [1.807, 2.05) is 19.9 Å². The molecule has 0 radical (unpaired) electrons. The van der Waals surface area contributed by atoms with Crippen molar-refractivity contribution in [2.24, 2.45) is 11.7 Å². The van der Waals surface area contributed by atoms with Gasteiger partial charge in [0.1, 0.15) is 0 Å². The predicted molar refractivity (Wildman–Crippen MR) is 87.3 cm³/mol. The van der Waals surface area contributed by atoms with Gasteiger partial charge in [-0.05, 0) is 24.1 Å². The van der Waals surface area contributed by atoms with E-state index in [0.29, 0.717) is 10.7 Å². The van der Waals surface area contributed by atoms with Crippen molar-refractivity contribution < 1.29 is 4.79 Å². The minimum atomic E-state index is -0.540. The molecule has 0 spiro atoms. The number of carbonyl (C=O) groups excluding carboxylic acids is 1. The monoisotopic (exact) mass is 328 g/mol. The molecule has 3 N–H and O–H groups in total. The molecular weight excluding hydrogens is 311 g/mol. The van der Waals surface area contributed by atoms with Crippen LogP contribution in [0.15, 0.2) is 36.9 Å². The number of nitrogens with zero attached hydrogens (tertiary/aromatic N) is 2. The number of imidazole rings is 1. The fourth-order valence-corrected chi connectivity index (χ4v) is 2.00. The average molecular weight is 329 g/mol. The smallest absolute Gasteiger partial charge is 0.241 e. The van der Waals surface area contributed by atoms with Crippen LogP contribution in [0.25, 0.3) is 5.69 Å². The van der Waals surface area contributed by atoms with Gasteiger partial charge in [-0.3, -0.25) is 4.79 Å². The molecule has 0 aliphatic rings. The Labute approximate surface area is 134 Å². The molecule has 0 saturated heterocycles. The minimum absolute atomic E-state index is 0. The molecule has 7 heteroatoms. The number of rotatable bonds is 4. The average Bonchev–Trinajstić information content (AvgIpc) is 2.91. The molecule has 5 nitrogen and oxygen atoms in total. The molecule has 1 atom stereocenters. The fraction of sp³-hybridized carbons (Fsp3) is 0.286. The van der Waals surface area contributed by atoms with Crippen molar-refractivity contribution in [3.05, 3.63) is 41.9 Å². The summed E-state index contributed by atoms with van der Waals surface area (Å²) in [5.41, 5.74) is 7.22. The van der Waals surface area contributed by atoms with Gasteiger partial charge in [0.05, 0.1) is 23.1 Å². The second kappa shape index (κ2) is 7.45. The predicted octanol–water partition coefficient (Wildman–Crippen LogP) is 2.87. The summed E-state index contributed by atoms with van der Waals surface area (Å²) in [5, 5.41) is 3.29. The van der Waals surface area contributed by atoms with Gasteiger partial charge >= 0.3 is 0 Å². The van der Waals surface area contributed by atoms with Crippen LogP contribution in [0, 0.1) is 5.92 Å². The highest BCUT2D eigenvalue weighted by Gasteiger charge is 2.17. The number of anilines is 1. The van der Waals surface area contributed by atoms with Gasteiger partial charge in [-0.1, -0.05) is 25.4 Å². The van der Waals surface area contributed by atoms with E-state index < -0.39 is 6.04 Å². The number of carbonyl (C=O) groups is 1. The maximum Gasteiger partial charge on any atom is 0.241 e. The summed E-state index contributed by atoms with van der Waals surface area (Å²) in [6, 6.07) is 4.76. The Morgan fingerprint density at radius 2 is 2.14 bits per heavy atom. The lowest BCUT2D eigenvalue weighted by molar-refractivity contribution is -0.118. The van der Waals surface area contributed by atoms with Gasteiger partial charge < -0.3 is 15.6 Å². The normalized spacial score (nSPS) is 11.9. The molecular formula is C14H18Cl2N4O. The van der Waals surface area contributed by atoms with Crippen molar-refractivity contribution in [1.82, 2.24) is 9.55 Å². The summed E-state index contributed by atoms with van der Waals surface area (Å²) >= 11 is 6.22. The number of amides is 1. The van der Waals surface area contributed by atoms with E-state index in [2.05, 4.69) is 10.3 Å². The lowest BCUT2D eigenvalue weighted by Gasteiger charge is -2.16. The highest BCUT2D eigenvalue weighted by atomic mass is 35.5. The van der Waals surface area contributed by atoms with Gasteiger partial charge in [0.15, 0.2) is 0 Å². The number of benzene rings is 1. The number of halogens is 2. The first-order valence-corrected chi connectivity index (χ1v) is 6.71. The summed E-state index contributed by atoms with van der Waals surface area (Å²) in [6.07, 6.45) is 5.13. The quantitative estimate of drug-likeness (QED) is 0.906. The van der Waals surface area contributed by atoms with Crippen LogP contribution in [-0.2, 0) is 4.79 Å².